The zero-order chi connectivity index (χ0) is 31.3. The van der Waals surface area contributed by atoms with Crippen LogP contribution in [0.1, 0.15) is 36.1 Å². The topological polar surface area (TPSA) is 6.48 Å². The quantitative estimate of drug-likeness (QED) is 0.182. The summed E-state index contributed by atoms with van der Waals surface area (Å²) in [5, 5.41) is 1.42. The van der Waals surface area contributed by atoms with Gasteiger partial charge in [-0.25, -0.2) is 0 Å². The Hall–Kier alpha value is -4.50. The molecule has 1 aliphatic carbocycles. The Balaban J connectivity index is 1.44. The average molecular weight is 626 g/mol. The third kappa shape index (κ3) is 5.29. The number of fused-ring (bicyclic) bond motifs is 3. The van der Waals surface area contributed by atoms with Crippen LogP contribution in [0.25, 0.3) is 11.1 Å². The van der Waals surface area contributed by atoms with Crippen LogP contribution in [0.3, 0.4) is 0 Å². The predicted octanol–water partition coefficient (Wildman–Crippen LogP) is 12.9. The highest BCUT2D eigenvalue weighted by atomic mass is 35.5. The van der Waals surface area contributed by atoms with E-state index in [0.29, 0.717) is 10.0 Å². The highest BCUT2D eigenvalue weighted by Crippen LogP contribution is 2.55. The molecule has 222 valence electrons. The SMILES string of the molecule is Cc1cccc(N(c2cccc(Cl)c2)c2ccc3c(c2)C(C)(C)c2cccc(N(c4cccc(C)c4)c4cccc(Cl)c4)c2-3)c1. The molecule has 7 rings (SSSR count). The van der Waals surface area contributed by atoms with Crippen LogP contribution in [-0.2, 0) is 5.41 Å². The molecule has 0 amide bonds. The van der Waals surface area contributed by atoms with Crippen LogP contribution < -0.4 is 9.80 Å². The molecule has 1 aliphatic rings. The first-order valence-corrected chi connectivity index (χ1v) is 16.0. The number of nitrogens with zero attached hydrogens (tertiary/aromatic N) is 2. The van der Waals surface area contributed by atoms with E-state index in [1.54, 1.807) is 0 Å². The van der Waals surface area contributed by atoms with Crippen molar-refractivity contribution in [2.45, 2.75) is 33.1 Å². The smallest absolute Gasteiger partial charge is 0.0543 e. The maximum absolute atomic E-state index is 6.57. The normalized spacial score (nSPS) is 12.8. The van der Waals surface area contributed by atoms with Gasteiger partial charge >= 0.3 is 0 Å². The van der Waals surface area contributed by atoms with Gasteiger partial charge < -0.3 is 9.80 Å². The van der Waals surface area contributed by atoms with E-state index in [1.165, 1.54) is 33.4 Å². The average Bonchev–Trinajstić information content (AvgIpc) is 3.24. The molecule has 0 N–H and O–H groups in total. The summed E-state index contributed by atoms with van der Waals surface area (Å²) in [6.07, 6.45) is 0. The molecule has 45 heavy (non-hydrogen) atoms. The van der Waals surface area contributed by atoms with Gasteiger partial charge in [-0.2, -0.15) is 0 Å². The predicted molar refractivity (Wildman–Crippen MR) is 193 cm³/mol. The van der Waals surface area contributed by atoms with Gasteiger partial charge in [0.1, 0.15) is 0 Å². The molecular weight excluding hydrogens is 591 g/mol. The van der Waals surface area contributed by atoms with Gasteiger partial charge in [0.2, 0.25) is 0 Å². The second kappa shape index (κ2) is 11.5. The van der Waals surface area contributed by atoms with Gasteiger partial charge in [-0.05, 0) is 121 Å². The third-order valence-electron chi connectivity index (χ3n) is 8.81. The molecule has 0 saturated heterocycles. The highest BCUT2D eigenvalue weighted by Gasteiger charge is 2.38. The lowest BCUT2D eigenvalue weighted by Gasteiger charge is -2.29. The Morgan fingerprint density at radius 1 is 0.467 bits per heavy atom. The molecule has 0 spiro atoms. The van der Waals surface area contributed by atoms with Crippen LogP contribution >= 0.6 is 23.2 Å². The fourth-order valence-electron chi connectivity index (χ4n) is 6.72. The summed E-state index contributed by atoms with van der Waals surface area (Å²) in [6, 6.07) is 47.0. The largest absolute Gasteiger partial charge is 0.310 e. The van der Waals surface area contributed by atoms with E-state index in [1.807, 2.05) is 36.4 Å². The lowest BCUT2D eigenvalue weighted by Crippen LogP contribution is -2.17. The van der Waals surface area contributed by atoms with Crippen molar-refractivity contribution < 1.29 is 0 Å². The Kier molecular flexibility index (Phi) is 7.44. The molecule has 0 aromatic heterocycles. The van der Waals surface area contributed by atoms with Gasteiger partial charge in [0.05, 0.1) is 5.69 Å². The van der Waals surface area contributed by atoms with Crippen LogP contribution in [0, 0.1) is 13.8 Å². The molecule has 0 aliphatic heterocycles. The molecule has 6 aromatic rings. The molecule has 0 unspecified atom stereocenters. The summed E-state index contributed by atoms with van der Waals surface area (Å²) in [5.74, 6) is 0. The van der Waals surface area contributed by atoms with Crippen LogP contribution in [0.5, 0.6) is 0 Å². The number of hydrogen-bond donors (Lipinski definition) is 0. The van der Waals surface area contributed by atoms with Crippen molar-refractivity contribution in [3.05, 3.63) is 166 Å². The van der Waals surface area contributed by atoms with E-state index < -0.39 is 0 Å². The van der Waals surface area contributed by atoms with Crippen LogP contribution in [0.2, 0.25) is 10.0 Å². The summed E-state index contributed by atoms with van der Waals surface area (Å²) < 4.78 is 0. The zero-order valence-electron chi connectivity index (χ0n) is 25.9. The zero-order valence-corrected chi connectivity index (χ0v) is 27.4. The summed E-state index contributed by atoms with van der Waals surface area (Å²) in [6.45, 7) is 8.93. The second-order valence-corrected chi connectivity index (χ2v) is 13.2. The van der Waals surface area contributed by atoms with E-state index in [0.717, 1.165) is 34.1 Å². The Bertz CT molecular complexity index is 1970. The fourth-order valence-corrected chi connectivity index (χ4v) is 7.09. The van der Waals surface area contributed by atoms with Gasteiger partial charge in [0.25, 0.3) is 0 Å². The number of hydrogen-bond acceptors (Lipinski definition) is 2. The van der Waals surface area contributed by atoms with Crippen molar-refractivity contribution in [1.82, 2.24) is 0 Å². The first-order valence-electron chi connectivity index (χ1n) is 15.2. The van der Waals surface area contributed by atoms with Crippen LogP contribution in [0.15, 0.2) is 133 Å². The van der Waals surface area contributed by atoms with E-state index in [4.69, 9.17) is 23.2 Å². The Morgan fingerprint density at radius 2 is 0.956 bits per heavy atom. The molecule has 0 saturated carbocycles. The first-order chi connectivity index (χ1) is 21.7. The standard InChI is InChI=1S/C41H34Cl2N2/c1-27-10-5-14-31(22-27)44(33-16-7-12-29(42)24-33)35-20-21-36-38(26-35)41(3,4)37-18-9-19-39(40(36)37)45(32-15-6-11-28(2)23-32)34-17-8-13-30(43)25-34/h5-26H,1-4H3. The Labute approximate surface area is 276 Å². The number of aryl methyl sites for hydroxylation is 2. The minimum Gasteiger partial charge on any atom is -0.310 e. The van der Waals surface area contributed by atoms with Gasteiger partial charge in [0.15, 0.2) is 0 Å². The second-order valence-electron chi connectivity index (χ2n) is 12.4. The molecule has 0 bridgehead atoms. The summed E-state index contributed by atoms with van der Waals surface area (Å²) in [7, 11) is 0. The van der Waals surface area contributed by atoms with Crippen LogP contribution in [-0.4, -0.2) is 0 Å². The minimum atomic E-state index is -0.226. The summed E-state index contributed by atoms with van der Waals surface area (Å²) in [4.78, 5) is 4.63. The van der Waals surface area contributed by atoms with E-state index in [-0.39, 0.29) is 5.41 Å². The van der Waals surface area contributed by atoms with E-state index in [2.05, 4.69) is 135 Å². The molecule has 0 radical (unpaired) electrons. The molecule has 0 atom stereocenters. The van der Waals surface area contributed by atoms with Crippen molar-refractivity contribution >= 4 is 57.3 Å². The molecule has 0 heterocycles. The Morgan fingerprint density at radius 3 is 1.53 bits per heavy atom. The van der Waals surface area contributed by atoms with Crippen molar-refractivity contribution in [3.63, 3.8) is 0 Å². The lowest BCUT2D eigenvalue weighted by molar-refractivity contribution is 0.660. The maximum atomic E-state index is 6.57. The van der Waals surface area contributed by atoms with Gasteiger partial charge in [-0.15, -0.1) is 0 Å². The number of benzene rings is 6. The highest BCUT2D eigenvalue weighted by molar-refractivity contribution is 6.31. The molecule has 2 nitrogen and oxygen atoms in total. The van der Waals surface area contributed by atoms with Gasteiger partial charge in [-0.1, -0.05) is 91.6 Å². The lowest BCUT2D eigenvalue weighted by atomic mass is 9.82. The molecular formula is C41H34Cl2N2. The number of rotatable bonds is 6. The molecule has 0 fully saturated rings. The monoisotopic (exact) mass is 624 g/mol. The minimum absolute atomic E-state index is 0.226. The number of anilines is 6. The summed E-state index contributed by atoms with van der Waals surface area (Å²) >= 11 is 13.1. The third-order valence-corrected chi connectivity index (χ3v) is 9.28. The molecule has 6 aromatic carbocycles. The number of halogens is 2. The summed E-state index contributed by atoms with van der Waals surface area (Å²) in [5.41, 5.74) is 13.7. The van der Waals surface area contributed by atoms with Crippen molar-refractivity contribution in [1.29, 1.82) is 0 Å². The fraction of sp³-hybridized carbons (Fsp3) is 0.122. The van der Waals surface area contributed by atoms with E-state index in [9.17, 15) is 0 Å². The first kappa shape index (κ1) is 29.2. The van der Waals surface area contributed by atoms with Gasteiger partial charge in [-0.3, -0.25) is 0 Å². The van der Waals surface area contributed by atoms with Crippen molar-refractivity contribution in [2.24, 2.45) is 0 Å². The van der Waals surface area contributed by atoms with Crippen molar-refractivity contribution in [2.75, 3.05) is 9.80 Å². The van der Waals surface area contributed by atoms with Gasteiger partial charge in [0, 0.05) is 49.5 Å². The molecule has 4 heteroatoms. The van der Waals surface area contributed by atoms with Crippen molar-refractivity contribution in [3.8, 4) is 11.1 Å². The van der Waals surface area contributed by atoms with E-state index >= 15 is 0 Å². The maximum Gasteiger partial charge on any atom is 0.0543 e. The van der Waals surface area contributed by atoms with Crippen LogP contribution in [0.4, 0.5) is 34.1 Å².